The van der Waals surface area contributed by atoms with Gasteiger partial charge in [0.1, 0.15) is 10.8 Å². The molecule has 108 valence electrons. The summed E-state index contributed by atoms with van der Waals surface area (Å²) in [5.41, 5.74) is 0. The van der Waals surface area contributed by atoms with Crippen LogP contribution in [-0.2, 0) is 0 Å². The van der Waals surface area contributed by atoms with Crippen LogP contribution in [0.5, 0.6) is 5.75 Å². The number of ether oxygens (including phenoxy) is 1. The topological polar surface area (TPSA) is 21.3 Å². The van der Waals surface area contributed by atoms with Gasteiger partial charge in [-0.15, -0.1) is 0 Å². The highest BCUT2D eigenvalue weighted by Crippen LogP contribution is 2.32. The molecule has 1 atom stereocenters. The molecule has 0 bridgehead atoms. The Kier molecular flexibility index (Phi) is 7.59. The van der Waals surface area contributed by atoms with E-state index in [-0.39, 0.29) is 6.10 Å². The molecule has 0 aliphatic carbocycles. The SMILES string of the molecule is CC(C)CNCCCC(C)Oc1cccc(Cl)c1Cl. The van der Waals surface area contributed by atoms with E-state index in [1.165, 1.54) is 0 Å². The maximum atomic E-state index is 6.09. The second-order valence-corrected chi connectivity index (χ2v) is 6.01. The number of benzene rings is 1. The van der Waals surface area contributed by atoms with Crippen LogP contribution in [-0.4, -0.2) is 19.2 Å². The number of rotatable bonds is 8. The van der Waals surface area contributed by atoms with Gasteiger partial charge in [0.25, 0.3) is 0 Å². The van der Waals surface area contributed by atoms with Crippen LogP contribution in [0, 0.1) is 5.92 Å². The smallest absolute Gasteiger partial charge is 0.139 e. The zero-order valence-electron chi connectivity index (χ0n) is 11.9. The fourth-order valence-electron chi connectivity index (χ4n) is 1.76. The zero-order valence-corrected chi connectivity index (χ0v) is 13.4. The Balaban J connectivity index is 2.27. The summed E-state index contributed by atoms with van der Waals surface area (Å²) in [5, 5.41) is 4.45. The van der Waals surface area contributed by atoms with Gasteiger partial charge in [0.2, 0.25) is 0 Å². The van der Waals surface area contributed by atoms with Crippen LogP contribution >= 0.6 is 23.2 Å². The summed E-state index contributed by atoms with van der Waals surface area (Å²) in [4.78, 5) is 0. The maximum absolute atomic E-state index is 6.09. The number of halogens is 2. The van der Waals surface area contributed by atoms with Gasteiger partial charge in [-0.25, -0.2) is 0 Å². The highest BCUT2D eigenvalue weighted by Gasteiger charge is 2.09. The Morgan fingerprint density at radius 1 is 1.21 bits per heavy atom. The van der Waals surface area contributed by atoms with Crippen LogP contribution in [0.1, 0.15) is 33.6 Å². The minimum absolute atomic E-state index is 0.136. The van der Waals surface area contributed by atoms with Crippen molar-refractivity contribution < 1.29 is 4.74 Å². The maximum Gasteiger partial charge on any atom is 0.139 e. The van der Waals surface area contributed by atoms with Gasteiger partial charge in [-0.05, 0) is 50.9 Å². The van der Waals surface area contributed by atoms with Gasteiger partial charge in [-0.3, -0.25) is 0 Å². The van der Waals surface area contributed by atoms with Crippen LogP contribution in [0.3, 0.4) is 0 Å². The zero-order chi connectivity index (χ0) is 14.3. The van der Waals surface area contributed by atoms with E-state index < -0.39 is 0 Å². The molecule has 2 nitrogen and oxygen atoms in total. The van der Waals surface area contributed by atoms with Crippen molar-refractivity contribution in [1.29, 1.82) is 0 Å². The molecule has 1 rings (SSSR count). The van der Waals surface area contributed by atoms with Gasteiger partial charge in [-0.1, -0.05) is 43.1 Å². The molecule has 0 saturated heterocycles. The average Bonchev–Trinajstić information content (AvgIpc) is 2.34. The number of hydrogen-bond acceptors (Lipinski definition) is 2. The predicted molar refractivity (Wildman–Crippen MR) is 83.5 cm³/mol. The molecular formula is C15H23Cl2NO. The van der Waals surface area contributed by atoms with Gasteiger partial charge in [0.15, 0.2) is 0 Å². The van der Waals surface area contributed by atoms with Gasteiger partial charge < -0.3 is 10.1 Å². The quantitative estimate of drug-likeness (QED) is 0.697. The summed E-state index contributed by atoms with van der Waals surface area (Å²) in [6.07, 6.45) is 2.22. The molecule has 0 saturated carbocycles. The Bertz CT molecular complexity index is 382. The molecule has 0 spiro atoms. The molecule has 0 heterocycles. The predicted octanol–water partition coefficient (Wildman–Crippen LogP) is 4.79. The summed E-state index contributed by atoms with van der Waals surface area (Å²) in [7, 11) is 0. The van der Waals surface area contributed by atoms with E-state index in [0.29, 0.717) is 21.7 Å². The monoisotopic (exact) mass is 303 g/mol. The Labute approximate surface area is 126 Å². The fourth-order valence-corrected chi connectivity index (χ4v) is 2.09. The lowest BCUT2D eigenvalue weighted by molar-refractivity contribution is 0.207. The lowest BCUT2D eigenvalue weighted by Gasteiger charge is -2.16. The first-order chi connectivity index (χ1) is 9.00. The third-order valence-corrected chi connectivity index (χ3v) is 3.56. The molecular weight excluding hydrogens is 281 g/mol. The minimum Gasteiger partial charge on any atom is -0.489 e. The van der Waals surface area contributed by atoms with Crippen molar-refractivity contribution >= 4 is 23.2 Å². The van der Waals surface area contributed by atoms with E-state index in [9.17, 15) is 0 Å². The van der Waals surface area contributed by atoms with Crippen molar-refractivity contribution in [1.82, 2.24) is 5.32 Å². The third-order valence-electron chi connectivity index (χ3n) is 2.76. The summed E-state index contributed by atoms with van der Waals surface area (Å²) >= 11 is 12.0. The van der Waals surface area contributed by atoms with Crippen LogP contribution in [0.15, 0.2) is 18.2 Å². The highest BCUT2D eigenvalue weighted by molar-refractivity contribution is 6.42. The second-order valence-electron chi connectivity index (χ2n) is 5.22. The van der Waals surface area contributed by atoms with Crippen LogP contribution in [0.2, 0.25) is 10.0 Å². The molecule has 4 heteroatoms. The average molecular weight is 304 g/mol. The minimum atomic E-state index is 0.136. The third kappa shape index (κ3) is 6.51. The van der Waals surface area contributed by atoms with Crippen LogP contribution in [0.25, 0.3) is 0 Å². The van der Waals surface area contributed by atoms with E-state index >= 15 is 0 Å². The first-order valence-corrected chi connectivity index (χ1v) is 7.57. The first-order valence-electron chi connectivity index (χ1n) is 6.82. The molecule has 1 unspecified atom stereocenters. The summed E-state index contributed by atoms with van der Waals surface area (Å²) in [6.45, 7) is 8.56. The molecule has 1 aromatic rings. The van der Waals surface area contributed by atoms with Crippen molar-refractivity contribution in [2.45, 2.75) is 39.7 Å². The van der Waals surface area contributed by atoms with Gasteiger partial charge in [-0.2, -0.15) is 0 Å². The normalized spacial score (nSPS) is 12.7. The lowest BCUT2D eigenvalue weighted by Crippen LogP contribution is -2.22. The standard InChI is InChI=1S/C15H23Cl2NO/c1-11(2)10-18-9-5-6-12(3)19-14-8-4-7-13(16)15(14)17/h4,7-8,11-12,18H,5-6,9-10H2,1-3H3. The first kappa shape index (κ1) is 16.6. The van der Waals surface area contributed by atoms with Crippen molar-refractivity contribution in [3.8, 4) is 5.75 Å². The molecule has 0 aromatic heterocycles. The van der Waals surface area contributed by atoms with Gasteiger partial charge in [0.05, 0.1) is 11.1 Å². The lowest BCUT2D eigenvalue weighted by atomic mass is 10.2. The van der Waals surface area contributed by atoms with E-state index in [1.807, 2.05) is 12.1 Å². The second kappa shape index (κ2) is 8.68. The molecule has 0 radical (unpaired) electrons. The molecule has 0 aliphatic heterocycles. The Morgan fingerprint density at radius 2 is 1.95 bits per heavy atom. The van der Waals surface area contributed by atoms with Crippen LogP contribution < -0.4 is 10.1 Å². The molecule has 1 aromatic carbocycles. The summed E-state index contributed by atoms with van der Waals surface area (Å²) in [6, 6.07) is 5.46. The van der Waals surface area contributed by atoms with E-state index in [2.05, 4.69) is 26.1 Å². The molecule has 0 amide bonds. The number of hydrogen-bond donors (Lipinski definition) is 1. The van der Waals surface area contributed by atoms with Crippen molar-refractivity contribution in [2.75, 3.05) is 13.1 Å². The molecule has 0 aliphatic rings. The molecule has 19 heavy (non-hydrogen) atoms. The van der Waals surface area contributed by atoms with E-state index in [0.717, 1.165) is 25.9 Å². The fraction of sp³-hybridized carbons (Fsp3) is 0.600. The summed E-state index contributed by atoms with van der Waals surface area (Å²) < 4.78 is 5.81. The van der Waals surface area contributed by atoms with E-state index in [1.54, 1.807) is 6.07 Å². The molecule has 1 N–H and O–H groups in total. The number of nitrogens with one attached hydrogen (secondary N) is 1. The van der Waals surface area contributed by atoms with Crippen molar-refractivity contribution in [2.24, 2.45) is 5.92 Å². The van der Waals surface area contributed by atoms with E-state index in [4.69, 9.17) is 27.9 Å². The Hall–Kier alpha value is -0.440. The summed E-state index contributed by atoms with van der Waals surface area (Å²) in [5.74, 6) is 1.36. The highest BCUT2D eigenvalue weighted by atomic mass is 35.5. The van der Waals surface area contributed by atoms with Crippen LogP contribution in [0.4, 0.5) is 0 Å². The largest absolute Gasteiger partial charge is 0.489 e. The van der Waals surface area contributed by atoms with Gasteiger partial charge in [0, 0.05) is 0 Å². The van der Waals surface area contributed by atoms with Crippen molar-refractivity contribution in [3.63, 3.8) is 0 Å². The Morgan fingerprint density at radius 3 is 2.63 bits per heavy atom. The molecule has 0 fully saturated rings. The van der Waals surface area contributed by atoms with Gasteiger partial charge >= 0.3 is 0 Å². The van der Waals surface area contributed by atoms with Crippen molar-refractivity contribution in [3.05, 3.63) is 28.2 Å².